The van der Waals surface area contributed by atoms with E-state index < -0.39 is 40.3 Å². The quantitative estimate of drug-likeness (QED) is 0.454. The first-order chi connectivity index (χ1) is 16.9. The predicted molar refractivity (Wildman–Crippen MR) is 133 cm³/mol. The number of rotatable bonds is 12. The molecule has 2 aromatic carbocycles. The van der Waals surface area contributed by atoms with Crippen LogP contribution in [0.4, 0.5) is 18.9 Å². The monoisotopic (exact) mass is 527 g/mol. The lowest BCUT2D eigenvalue weighted by Gasteiger charge is -2.33. The normalized spacial score (nSPS) is 12.6. The molecule has 0 saturated heterocycles. The largest absolute Gasteiger partial charge is 0.416 e. The van der Waals surface area contributed by atoms with Gasteiger partial charge in [-0.15, -0.1) is 0 Å². The molecule has 0 bridgehead atoms. The third-order valence-electron chi connectivity index (χ3n) is 5.56. The van der Waals surface area contributed by atoms with E-state index in [1.54, 1.807) is 6.92 Å². The maximum Gasteiger partial charge on any atom is 0.416 e. The molecule has 7 nitrogen and oxygen atoms in total. The minimum Gasteiger partial charge on any atom is -0.354 e. The number of amides is 2. The summed E-state index contributed by atoms with van der Waals surface area (Å²) in [4.78, 5) is 27.6. The number of benzene rings is 2. The van der Waals surface area contributed by atoms with E-state index in [-0.39, 0.29) is 24.6 Å². The van der Waals surface area contributed by atoms with Crippen LogP contribution < -0.4 is 9.62 Å². The van der Waals surface area contributed by atoms with Crippen molar-refractivity contribution in [2.24, 2.45) is 0 Å². The first kappa shape index (κ1) is 29.2. The van der Waals surface area contributed by atoms with Gasteiger partial charge in [-0.1, -0.05) is 50.2 Å². The summed E-state index contributed by atoms with van der Waals surface area (Å²) in [7, 11) is -4.12. The highest BCUT2D eigenvalue weighted by molar-refractivity contribution is 7.92. The standard InChI is InChI=1S/C25H32F3N3O4S/c1-4-15-29-24(33)22(5-2)30(16-14-19-10-7-6-8-11-19)23(32)18-31(36(3,34)35)21-13-9-12-20(17-21)25(26,27)28/h6-13,17,22H,4-5,14-16,18H2,1-3H3,(H,29,33)/t22-/m1/s1. The summed E-state index contributed by atoms with van der Waals surface area (Å²) in [6, 6.07) is 12.2. The van der Waals surface area contributed by atoms with Crippen LogP contribution in [-0.4, -0.2) is 57.1 Å². The van der Waals surface area contributed by atoms with E-state index in [0.717, 1.165) is 24.0 Å². The average molecular weight is 528 g/mol. The van der Waals surface area contributed by atoms with Crippen LogP contribution in [0.1, 0.15) is 37.8 Å². The fraction of sp³-hybridized carbons (Fsp3) is 0.440. The fourth-order valence-corrected chi connectivity index (χ4v) is 4.55. The Kier molecular flexibility index (Phi) is 10.3. The average Bonchev–Trinajstić information content (AvgIpc) is 2.82. The zero-order chi connectivity index (χ0) is 26.9. The lowest BCUT2D eigenvalue weighted by atomic mass is 10.1. The summed E-state index contributed by atoms with van der Waals surface area (Å²) >= 11 is 0. The van der Waals surface area contributed by atoms with Crippen LogP contribution in [0, 0.1) is 0 Å². The van der Waals surface area contributed by atoms with Crippen LogP contribution >= 0.6 is 0 Å². The molecule has 0 aromatic heterocycles. The third-order valence-corrected chi connectivity index (χ3v) is 6.70. The SMILES string of the molecule is CCCNC(=O)[C@@H](CC)N(CCc1ccccc1)C(=O)CN(c1cccc(C(F)(F)F)c1)S(C)(=O)=O. The van der Waals surface area contributed by atoms with Crippen molar-refractivity contribution < 1.29 is 31.2 Å². The van der Waals surface area contributed by atoms with E-state index in [1.807, 2.05) is 37.3 Å². The van der Waals surface area contributed by atoms with Gasteiger partial charge in [-0.2, -0.15) is 13.2 Å². The van der Waals surface area contributed by atoms with E-state index in [2.05, 4.69) is 5.32 Å². The molecule has 2 amide bonds. The fourth-order valence-electron chi connectivity index (χ4n) is 3.71. The highest BCUT2D eigenvalue weighted by Crippen LogP contribution is 2.32. The lowest BCUT2D eigenvalue weighted by molar-refractivity contribution is -0.139. The first-order valence-electron chi connectivity index (χ1n) is 11.6. The summed E-state index contributed by atoms with van der Waals surface area (Å²) in [5.74, 6) is -1.06. The summed E-state index contributed by atoms with van der Waals surface area (Å²) in [6.07, 6.45) is -2.49. The van der Waals surface area contributed by atoms with Crippen molar-refractivity contribution in [3.63, 3.8) is 0 Å². The van der Waals surface area contributed by atoms with Gasteiger partial charge in [-0.05, 0) is 43.0 Å². The second-order valence-corrected chi connectivity index (χ2v) is 10.3. The zero-order valence-corrected chi connectivity index (χ0v) is 21.4. The van der Waals surface area contributed by atoms with Crippen molar-refractivity contribution in [1.29, 1.82) is 0 Å². The summed E-state index contributed by atoms with van der Waals surface area (Å²) in [5.41, 5.74) is -0.406. The Morgan fingerprint density at radius 2 is 1.69 bits per heavy atom. The molecule has 0 unspecified atom stereocenters. The van der Waals surface area contributed by atoms with Crippen LogP contribution in [0.25, 0.3) is 0 Å². The molecular weight excluding hydrogens is 495 g/mol. The molecule has 2 aromatic rings. The number of hydrogen-bond donors (Lipinski definition) is 1. The molecule has 0 saturated carbocycles. The van der Waals surface area contributed by atoms with E-state index >= 15 is 0 Å². The van der Waals surface area contributed by atoms with Crippen molar-refractivity contribution in [3.05, 3.63) is 65.7 Å². The number of nitrogens with zero attached hydrogens (tertiary/aromatic N) is 2. The van der Waals surface area contributed by atoms with Crippen molar-refractivity contribution in [2.75, 3.05) is 30.2 Å². The van der Waals surface area contributed by atoms with Gasteiger partial charge in [-0.3, -0.25) is 13.9 Å². The predicted octanol–water partition coefficient (Wildman–Crippen LogP) is 3.85. The van der Waals surface area contributed by atoms with Crippen molar-refractivity contribution in [2.45, 2.75) is 45.3 Å². The van der Waals surface area contributed by atoms with Gasteiger partial charge in [0.1, 0.15) is 12.6 Å². The van der Waals surface area contributed by atoms with E-state index in [9.17, 15) is 31.2 Å². The Morgan fingerprint density at radius 1 is 1.03 bits per heavy atom. The summed E-state index contributed by atoms with van der Waals surface area (Å²) in [5, 5.41) is 2.77. The van der Waals surface area contributed by atoms with Crippen LogP contribution in [0.5, 0.6) is 0 Å². The Morgan fingerprint density at radius 3 is 2.25 bits per heavy atom. The minimum absolute atomic E-state index is 0.126. The van der Waals surface area contributed by atoms with Gasteiger partial charge in [0.2, 0.25) is 21.8 Å². The second kappa shape index (κ2) is 12.8. The number of hydrogen-bond acceptors (Lipinski definition) is 4. The number of halogens is 3. The third kappa shape index (κ3) is 8.25. The number of nitrogens with one attached hydrogen (secondary N) is 1. The molecule has 36 heavy (non-hydrogen) atoms. The van der Waals surface area contributed by atoms with E-state index in [4.69, 9.17) is 0 Å². The molecule has 11 heteroatoms. The minimum atomic E-state index is -4.68. The number of carbonyl (C=O) groups is 2. The smallest absolute Gasteiger partial charge is 0.354 e. The van der Waals surface area contributed by atoms with Gasteiger partial charge in [0.25, 0.3) is 0 Å². The first-order valence-corrected chi connectivity index (χ1v) is 13.5. The number of alkyl halides is 3. The molecule has 1 atom stereocenters. The Balaban J connectivity index is 2.40. The maximum atomic E-state index is 13.5. The number of carbonyl (C=O) groups excluding carboxylic acids is 2. The highest BCUT2D eigenvalue weighted by Gasteiger charge is 2.34. The summed E-state index contributed by atoms with van der Waals surface area (Å²) < 4.78 is 65.4. The molecule has 0 radical (unpaired) electrons. The van der Waals surface area contributed by atoms with Crippen LogP contribution in [0.2, 0.25) is 0 Å². The van der Waals surface area contributed by atoms with Crippen LogP contribution in [0.3, 0.4) is 0 Å². The lowest BCUT2D eigenvalue weighted by Crippen LogP contribution is -2.53. The van der Waals surface area contributed by atoms with E-state index in [1.165, 1.54) is 11.0 Å². The molecule has 0 aliphatic heterocycles. The van der Waals surface area contributed by atoms with Crippen molar-refractivity contribution in [1.82, 2.24) is 10.2 Å². The highest BCUT2D eigenvalue weighted by atomic mass is 32.2. The van der Waals surface area contributed by atoms with Gasteiger partial charge in [0, 0.05) is 13.1 Å². The molecule has 0 fully saturated rings. The zero-order valence-electron chi connectivity index (χ0n) is 20.6. The second-order valence-electron chi connectivity index (χ2n) is 8.36. The van der Waals surface area contributed by atoms with Gasteiger partial charge < -0.3 is 10.2 Å². The number of sulfonamides is 1. The number of anilines is 1. The molecule has 0 heterocycles. The molecule has 0 aliphatic rings. The van der Waals surface area contributed by atoms with Crippen LogP contribution in [-0.2, 0) is 32.2 Å². The molecule has 0 spiro atoms. The molecule has 2 rings (SSSR count). The van der Waals surface area contributed by atoms with Gasteiger partial charge >= 0.3 is 6.18 Å². The molecule has 1 N–H and O–H groups in total. The molecule has 0 aliphatic carbocycles. The maximum absolute atomic E-state index is 13.5. The van der Waals surface area contributed by atoms with Crippen molar-refractivity contribution >= 4 is 27.5 Å². The van der Waals surface area contributed by atoms with E-state index in [0.29, 0.717) is 29.8 Å². The summed E-state index contributed by atoms with van der Waals surface area (Å²) in [6.45, 7) is 3.42. The Bertz CT molecular complexity index is 1120. The Hall–Kier alpha value is -3.08. The van der Waals surface area contributed by atoms with Gasteiger partial charge in [0.05, 0.1) is 17.5 Å². The van der Waals surface area contributed by atoms with Gasteiger partial charge in [-0.25, -0.2) is 8.42 Å². The van der Waals surface area contributed by atoms with Crippen molar-refractivity contribution in [3.8, 4) is 0 Å². The van der Waals surface area contributed by atoms with Crippen LogP contribution in [0.15, 0.2) is 54.6 Å². The Labute approximate surface area is 210 Å². The topological polar surface area (TPSA) is 86.8 Å². The molecule has 198 valence electrons. The molecular formula is C25H32F3N3O4S. The van der Waals surface area contributed by atoms with Gasteiger partial charge in [0.15, 0.2) is 0 Å².